The third-order valence-corrected chi connectivity index (χ3v) is 2.81. The first-order chi connectivity index (χ1) is 9.76. The molecule has 0 saturated heterocycles. The Morgan fingerprint density at radius 1 is 1.15 bits per heavy atom. The summed E-state index contributed by atoms with van der Waals surface area (Å²) in [6.07, 6.45) is 1.72. The van der Waals surface area contributed by atoms with Crippen LogP contribution < -0.4 is 10.5 Å². The number of rotatable bonds is 2. The Morgan fingerprint density at radius 2 is 2.05 bits per heavy atom. The Balaban J connectivity index is 1.95. The monoisotopic (exact) mass is 262 g/mol. The molecule has 2 aromatic heterocycles. The van der Waals surface area contributed by atoms with Crippen molar-refractivity contribution in [3.8, 4) is 17.7 Å². The van der Waals surface area contributed by atoms with Gasteiger partial charge in [-0.2, -0.15) is 5.26 Å². The summed E-state index contributed by atoms with van der Waals surface area (Å²) in [6.45, 7) is 0. The van der Waals surface area contributed by atoms with E-state index in [4.69, 9.17) is 15.7 Å². The van der Waals surface area contributed by atoms with Gasteiger partial charge in [0.25, 0.3) is 0 Å². The molecule has 0 bridgehead atoms. The molecule has 5 nitrogen and oxygen atoms in total. The molecule has 0 saturated carbocycles. The standard InChI is InChI=1S/C15H10N4O/c16-9-14-12(17)5-6-15(19-14)20-11-4-3-10-2-1-7-18-13(10)8-11/h1-8H,17H2. The number of pyridine rings is 2. The summed E-state index contributed by atoms with van der Waals surface area (Å²) < 4.78 is 5.63. The quantitative estimate of drug-likeness (QED) is 0.767. The topological polar surface area (TPSA) is 84.8 Å². The van der Waals surface area contributed by atoms with Crippen molar-refractivity contribution in [3.63, 3.8) is 0 Å². The second kappa shape index (κ2) is 4.86. The van der Waals surface area contributed by atoms with E-state index in [1.165, 1.54) is 0 Å². The van der Waals surface area contributed by atoms with Crippen LogP contribution in [0.15, 0.2) is 48.7 Å². The second-order valence-corrected chi connectivity index (χ2v) is 4.16. The molecular formula is C15H10N4O. The normalized spacial score (nSPS) is 10.2. The van der Waals surface area contributed by atoms with Crippen LogP contribution in [0.25, 0.3) is 10.9 Å². The van der Waals surface area contributed by atoms with E-state index >= 15 is 0 Å². The van der Waals surface area contributed by atoms with Gasteiger partial charge in [-0.15, -0.1) is 0 Å². The van der Waals surface area contributed by atoms with E-state index in [0.717, 1.165) is 10.9 Å². The summed E-state index contributed by atoms with van der Waals surface area (Å²) in [6, 6.07) is 14.6. The molecule has 0 aliphatic carbocycles. The van der Waals surface area contributed by atoms with Crippen LogP contribution in [0.4, 0.5) is 5.69 Å². The van der Waals surface area contributed by atoms with Gasteiger partial charge in [-0.1, -0.05) is 6.07 Å². The summed E-state index contributed by atoms with van der Waals surface area (Å²) in [5.41, 5.74) is 6.94. The first-order valence-electron chi connectivity index (χ1n) is 5.95. The first kappa shape index (κ1) is 11.9. The van der Waals surface area contributed by atoms with Gasteiger partial charge < -0.3 is 10.5 Å². The number of benzene rings is 1. The van der Waals surface area contributed by atoms with Gasteiger partial charge in [-0.25, -0.2) is 4.98 Å². The second-order valence-electron chi connectivity index (χ2n) is 4.16. The van der Waals surface area contributed by atoms with Gasteiger partial charge in [-0.3, -0.25) is 4.98 Å². The van der Waals surface area contributed by atoms with Crippen molar-refractivity contribution in [2.24, 2.45) is 0 Å². The molecule has 20 heavy (non-hydrogen) atoms. The molecule has 0 fully saturated rings. The maximum absolute atomic E-state index is 8.89. The third-order valence-electron chi connectivity index (χ3n) is 2.81. The molecule has 0 amide bonds. The van der Waals surface area contributed by atoms with Crippen LogP contribution in [0.1, 0.15) is 5.69 Å². The van der Waals surface area contributed by atoms with E-state index in [9.17, 15) is 0 Å². The molecule has 0 atom stereocenters. The van der Waals surface area contributed by atoms with Gasteiger partial charge in [-0.05, 0) is 24.3 Å². The number of hydrogen-bond acceptors (Lipinski definition) is 5. The summed E-state index contributed by atoms with van der Waals surface area (Å²) in [4.78, 5) is 8.30. The van der Waals surface area contributed by atoms with Gasteiger partial charge in [0.1, 0.15) is 11.8 Å². The summed E-state index contributed by atoms with van der Waals surface area (Å²) in [5, 5.41) is 9.92. The highest BCUT2D eigenvalue weighted by molar-refractivity contribution is 5.79. The van der Waals surface area contributed by atoms with Crippen LogP contribution in [0.3, 0.4) is 0 Å². The zero-order valence-corrected chi connectivity index (χ0v) is 10.4. The van der Waals surface area contributed by atoms with Crippen LogP contribution in [0.5, 0.6) is 11.6 Å². The number of nitrogen functional groups attached to an aromatic ring is 1. The molecule has 2 heterocycles. The molecule has 5 heteroatoms. The summed E-state index contributed by atoms with van der Waals surface area (Å²) in [7, 11) is 0. The molecular weight excluding hydrogens is 252 g/mol. The largest absolute Gasteiger partial charge is 0.439 e. The minimum atomic E-state index is 0.154. The van der Waals surface area contributed by atoms with E-state index in [0.29, 0.717) is 17.3 Å². The van der Waals surface area contributed by atoms with Crippen LogP contribution >= 0.6 is 0 Å². The van der Waals surface area contributed by atoms with Crippen molar-refractivity contribution in [2.75, 3.05) is 5.73 Å². The summed E-state index contributed by atoms with van der Waals surface area (Å²) in [5.74, 6) is 0.934. The van der Waals surface area contributed by atoms with E-state index in [1.807, 2.05) is 36.4 Å². The van der Waals surface area contributed by atoms with Gasteiger partial charge in [0.2, 0.25) is 5.88 Å². The highest BCUT2D eigenvalue weighted by Crippen LogP contribution is 2.24. The molecule has 0 unspecified atom stereocenters. The lowest BCUT2D eigenvalue weighted by atomic mass is 10.2. The first-order valence-corrected chi connectivity index (χ1v) is 5.95. The number of nitrogens with two attached hydrogens (primary N) is 1. The van der Waals surface area contributed by atoms with E-state index in [1.54, 1.807) is 18.3 Å². The fourth-order valence-electron chi connectivity index (χ4n) is 1.83. The number of ether oxygens (including phenoxy) is 1. The number of nitrogens with zero attached hydrogens (tertiary/aromatic N) is 3. The average molecular weight is 262 g/mol. The number of hydrogen-bond donors (Lipinski definition) is 1. The van der Waals surface area contributed by atoms with Gasteiger partial charge in [0, 0.05) is 23.7 Å². The fraction of sp³-hybridized carbons (Fsp3) is 0. The predicted octanol–water partition coefficient (Wildman–Crippen LogP) is 2.88. The molecule has 0 radical (unpaired) electrons. The number of anilines is 1. The smallest absolute Gasteiger partial charge is 0.220 e. The van der Waals surface area contributed by atoms with Crippen LogP contribution in [-0.2, 0) is 0 Å². The molecule has 0 aliphatic rings. The van der Waals surface area contributed by atoms with Crippen molar-refractivity contribution in [3.05, 3.63) is 54.4 Å². The highest BCUT2D eigenvalue weighted by atomic mass is 16.5. The molecule has 0 aliphatic heterocycles. The lowest BCUT2D eigenvalue weighted by Gasteiger charge is -2.06. The Morgan fingerprint density at radius 3 is 2.90 bits per heavy atom. The van der Waals surface area contributed by atoms with E-state index < -0.39 is 0 Å². The maximum atomic E-state index is 8.89. The van der Waals surface area contributed by atoms with Crippen LogP contribution in [0.2, 0.25) is 0 Å². The van der Waals surface area contributed by atoms with Gasteiger partial charge >= 0.3 is 0 Å². The minimum absolute atomic E-state index is 0.154. The van der Waals surface area contributed by atoms with Crippen LogP contribution in [-0.4, -0.2) is 9.97 Å². The average Bonchev–Trinajstić information content (AvgIpc) is 2.49. The van der Waals surface area contributed by atoms with Gasteiger partial charge in [0.05, 0.1) is 11.2 Å². The molecule has 1 aromatic carbocycles. The van der Waals surface area contributed by atoms with Crippen LogP contribution in [0, 0.1) is 11.3 Å². The zero-order valence-electron chi connectivity index (χ0n) is 10.4. The molecule has 0 spiro atoms. The Kier molecular flexibility index (Phi) is 2.90. The zero-order chi connectivity index (χ0) is 13.9. The van der Waals surface area contributed by atoms with E-state index in [-0.39, 0.29) is 5.69 Å². The number of aromatic nitrogens is 2. The van der Waals surface area contributed by atoms with Crippen molar-refractivity contribution in [1.82, 2.24) is 9.97 Å². The molecule has 3 rings (SSSR count). The fourth-order valence-corrected chi connectivity index (χ4v) is 1.83. The van der Waals surface area contributed by atoms with Gasteiger partial charge in [0.15, 0.2) is 5.69 Å². The maximum Gasteiger partial charge on any atom is 0.220 e. The molecule has 96 valence electrons. The lowest BCUT2D eigenvalue weighted by molar-refractivity contribution is 0.463. The Bertz CT molecular complexity index is 823. The van der Waals surface area contributed by atoms with Crippen molar-refractivity contribution >= 4 is 16.6 Å². The Labute approximate surface area is 115 Å². The van der Waals surface area contributed by atoms with Crippen molar-refractivity contribution < 1.29 is 4.74 Å². The number of nitriles is 1. The summed E-state index contributed by atoms with van der Waals surface area (Å²) >= 11 is 0. The third kappa shape index (κ3) is 2.22. The lowest BCUT2D eigenvalue weighted by Crippen LogP contribution is -1.96. The minimum Gasteiger partial charge on any atom is -0.439 e. The molecule has 3 aromatic rings. The van der Waals surface area contributed by atoms with E-state index in [2.05, 4.69) is 9.97 Å². The molecule has 2 N–H and O–H groups in total. The van der Waals surface area contributed by atoms with Crippen molar-refractivity contribution in [2.45, 2.75) is 0 Å². The SMILES string of the molecule is N#Cc1nc(Oc2ccc3cccnc3c2)ccc1N. The van der Waals surface area contributed by atoms with Crippen molar-refractivity contribution in [1.29, 1.82) is 5.26 Å². The number of fused-ring (bicyclic) bond motifs is 1. The highest BCUT2D eigenvalue weighted by Gasteiger charge is 2.05. The Hall–Kier alpha value is -3.13. The predicted molar refractivity (Wildman–Crippen MR) is 75.2 cm³/mol.